The van der Waals surface area contributed by atoms with Crippen molar-refractivity contribution in [3.05, 3.63) is 64.2 Å². The van der Waals surface area contributed by atoms with Crippen LogP contribution in [0.5, 0.6) is 0 Å². The fraction of sp³-hybridized carbons (Fsp3) is 0.333. The third kappa shape index (κ3) is 4.48. The Morgan fingerprint density at radius 1 is 1.14 bits per heavy atom. The molecule has 112 valence electrons. The van der Waals surface area contributed by atoms with Gasteiger partial charge >= 0.3 is 0 Å². The summed E-state index contributed by atoms with van der Waals surface area (Å²) in [5.41, 5.74) is 5.06. The molecule has 0 saturated carbocycles. The Morgan fingerprint density at radius 3 is 2.67 bits per heavy atom. The van der Waals surface area contributed by atoms with Crippen molar-refractivity contribution in [3.63, 3.8) is 0 Å². The number of nitrogens with one attached hydrogen (secondary N) is 1. The second-order valence-electron chi connectivity index (χ2n) is 5.40. The van der Waals surface area contributed by atoms with Crippen LogP contribution in [0.3, 0.4) is 0 Å². The molecule has 2 nitrogen and oxygen atoms in total. The van der Waals surface area contributed by atoms with Gasteiger partial charge in [-0.05, 0) is 36.7 Å². The summed E-state index contributed by atoms with van der Waals surface area (Å²) in [6.45, 7) is 6.94. The zero-order chi connectivity index (χ0) is 15.2. The van der Waals surface area contributed by atoms with Crippen molar-refractivity contribution in [3.8, 4) is 0 Å². The van der Waals surface area contributed by atoms with Gasteiger partial charge in [-0.2, -0.15) is 0 Å². The maximum Gasteiger partial charge on any atom is 0.0427 e. The Hall–Kier alpha value is -1.51. The van der Waals surface area contributed by atoms with Crippen LogP contribution in [0.4, 0.5) is 5.69 Å². The molecule has 0 radical (unpaired) electrons. The van der Waals surface area contributed by atoms with E-state index in [1.807, 2.05) is 12.1 Å². The van der Waals surface area contributed by atoms with Gasteiger partial charge in [-0.3, -0.25) is 0 Å². The zero-order valence-corrected chi connectivity index (χ0v) is 13.7. The summed E-state index contributed by atoms with van der Waals surface area (Å²) in [7, 11) is 2.11. The van der Waals surface area contributed by atoms with E-state index < -0.39 is 0 Å². The first-order chi connectivity index (χ1) is 10.1. The lowest BCUT2D eigenvalue weighted by molar-refractivity contribution is 0.723. The van der Waals surface area contributed by atoms with Crippen LogP contribution in [0, 0.1) is 6.92 Å². The predicted molar refractivity (Wildman–Crippen MR) is 92.1 cm³/mol. The highest BCUT2D eigenvalue weighted by Gasteiger charge is 2.09. The van der Waals surface area contributed by atoms with Crippen molar-refractivity contribution in [1.29, 1.82) is 0 Å². The van der Waals surface area contributed by atoms with E-state index in [-0.39, 0.29) is 0 Å². The van der Waals surface area contributed by atoms with Gasteiger partial charge in [-0.15, -0.1) is 0 Å². The van der Waals surface area contributed by atoms with Crippen molar-refractivity contribution in [2.45, 2.75) is 26.9 Å². The molecule has 2 aromatic carbocycles. The summed E-state index contributed by atoms with van der Waals surface area (Å²) >= 11 is 6.18. The highest BCUT2D eigenvalue weighted by atomic mass is 35.5. The average molecular weight is 303 g/mol. The summed E-state index contributed by atoms with van der Waals surface area (Å²) in [5, 5.41) is 4.16. The summed E-state index contributed by atoms with van der Waals surface area (Å²) in [6, 6.07) is 14.7. The molecule has 0 unspecified atom stereocenters. The van der Waals surface area contributed by atoms with Gasteiger partial charge < -0.3 is 10.2 Å². The average Bonchev–Trinajstić information content (AvgIpc) is 2.46. The summed E-state index contributed by atoms with van der Waals surface area (Å²) in [4.78, 5) is 2.26. The third-order valence-corrected chi connectivity index (χ3v) is 3.76. The molecular weight excluding hydrogens is 280 g/mol. The van der Waals surface area contributed by atoms with Crippen molar-refractivity contribution in [2.75, 3.05) is 18.5 Å². The minimum Gasteiger partial charge on any atom is -0.370 e. The number of halogens is 1. The fourth-order valence-electron chi connectivity index (χ4n) is 2.47. The van der Waals surface area contributed by atoms with Crippen LogP contribution in [-0.4, -0.2) is 13.6 Å². The molecule has 0 spiro atoms. The van der Waals surface area contributed by atoms with E-state index in [1.165, 1.54) is 22.4 Å². The van der Waals surface area contributed by atoms with Crippen LogP contribution < -0.4 is 10.2 Å². The minimum absolute atomic E-state index is 0.779. The Morgan fingerprint density at radius 2 is 1.95 bits per heavy atom. The smallest absolute Gasteiger partial charge is 0.0427 e. The van der Waals surface area contributed by atoms with Gasteiger partial charge in [0.25, 0.3) is 0 Å². The van der Waals surface area contributed by atoms with E-state index in [1.54, 1.807) is 0 Å². The lowest BCUT2D eigenvalue weighted by atomic mass is 10.1. The summed E-state index contributed by atoms with van der Waals surface area (Å²) < 4.78 is 0. The number of hydrogen-bond acceptors (Lipinski definition) is 2. The van der Waals surface area contributed by atoms with Gasteiger partial charge in [0.15, 0.2) is 0 Å². The first-order valence-electron chi connectivity index (χ1n) is 7.36. The lowest BCUT2D eigenvalue weighted by Crippen LogP contribution is -2.20. The molecule has 3 heteroatoms. The van der Waals surface area contributed by atoms with Crippen LogP contribution >= 0.6 is 11.6 Å². The normalized spacial score (nSPS) is 10.7. The summed E-state index contributed by atoms with van der Waals surface area (Å²) in [5.74, 6) is 0. The van der Waals surface area contributed by atoms with Crippen molar-refractivity contribution in [2.24, 2.45) is 0 Å². The van der Waals surface area contributed by atoms with Crippen LogP contribution in [0.1, 0.15) is 23.6 Å². The van der Waals surface area contributed by atoms with E-state index in [2.05, 4.69) is 61.4 Å². The molecule has 0 atom stereocenters. The molecule has 2 rings (SSSR count). The standard InChI is InChI=1S/C18H23ClN2/c1-4-20-12-16-8-9-17(19)11-18(16)21(3)13-15-7-5-6-14(2)10-15/h5-11,20H,4,12-13H2,1-3H3. The molecule has 0 aliphatic rings. The first-order valence-corrected chi connectivity index (χ1v) is 7.73. The molecule has 2 aromatic rings. The highest BCUT2D eigenvalue weighted by Crippen LogP contribution is 2.25. The molecule has 0 aliphatic heterocycles. The molecule has 21 heavy (non-hydrogen) atoms. The van der Waals surface area contributed by atoms with Gasteiger partial charge in [-0.1, -0.05) is 54.4 Å². The number of anilines is 1. The minimum atomic E-state index is 0.779. The van der Waals surface area contributed by atoms with Crippen LogP contribution in [0.2, 0.25) is 5.02 Å². The molecule has 0 fully saturated rings. The second-order valence-corrected chi connectivity index (χ2v) is 5.83. The highest BCUT2D eigenvalue weighted by molar-refractivity contribution is 6.30. The van der Waals surface area contributed by atoms with Gasteiger partial charge in [-0.25, -0.2) is 0 Å². The molecule has 0 aliphatic carbocycles. The largest absolute Gasteiger partial charge is 0.370 e. The molecule has 0 heterocycles. The lowest BCUT2D eigenvalue weighted by Gasteiger charge is -2.23. The van der Waals surface area contributed by atoms with E-state index >= 15 is 0 Å². The number of nitrogens with zero attached hydrogens (tertiary/aromatic N) is 1. The quantitative estimate of drug-likeness (QED) is 0.851. The molecular formula is C18H23ClN2. The van der Waals surface area contributed by atoms with E-state index in [0.717, 1.165) is 24.7 Å². The van der Waals surface area contributed by atoms with Crippen molar-refractivity contribution >= 4 is 17.3 Å². The van der Waals surface area contributed by atoms with E-state index in [9.17, 15) is 0 Å². The Labute approximate surface area is 132 Å². The molecule has 0 aromatic heterocycles. The van der Waals surface area contributed by atoms with E-state index in [4.69, 9.17) is 11.6 Å². The second kappa shape index (κ2) is 7.48. The van der Waals surface area contributed by atoms with Gasteiger partial charge in [0.1, 0.15) is 0 Å². The predicted octanol–water partition coefficient (Wildman–Crippen LogP) is 4.39. The van der Waals surface area contributed by atoms with Gasteiger partial charge in [0.2, 0.25) is 0 Å². The van der Waals surface area contributed by atoms with Crippen LogP contribution in [-0.2, 0) is 13.1 Å². The maximum absolute atomic E-state index is 6.18. The molecule has 0 saturated heterocycles. The van der Waals surface area contributed by atoms with Crippen molar-refractivity contribution in [1.82, 2.24) is 5.32 Å². The number of aryl methyl sites for hydroxylation is 1. The van der Waals surface area contributed by atoms with Gasteiger partial charge in [0, 0.05) is 30.8 Å². The summed E-state index contributed by atoms with van der Waals surface area (Å²) in [6.07, 6.45) is 0. The Balaban J connectivity index is 2.20. The van der Waals surface area contributed by atoms with Crippen molar-refractivity contribution < 1.29 is 0 Å². The topological polar surface area (TPSA) is 15.3 Å². The third-order valence-electron chi connectivity index (χ3n) is 3.53. The SMILES string of the molecule is CCNCc1ccc(Cl)cc1N(C)Cc1cccc(C)c1. The first kappa shape index (κ1) is 15.9. The molecule has 0 bridgehead atoms. The van der Waals surface area contributed by atoms with Gasteiger partial charge in [0.05, 0.1) is 0 Å². The zero-order valence-electron chi connectivity index (χ0n) is 13.0. The van der Waals surface area contributed by atoms with Crippen LogP contribution in [0.15, 0.2) is 42.5 Å². The number of hydrogen-bond donors (Lipinski definition) is 1. The fourth-order valence-corrected chi connectivity index (χ4v) is 2.64. The number of benzene rings is 2. The molecule has 0 amide bonds. The maximum atomic E-state index is 6.18. The van der Waals surface area contributed by atoms with E-state index in [0.29, 0.717) is 0 Å². The Bertz CT molecular complexity index is 596. The Kier molecular flexibility index (Phi) is 5.66. The monoisotopic (exact) mass is 302 g/mol. The number of rotatable bonds is 6. The molecule has 1 N–H and O–H groups in total. The van der Waals surface area contributed by atoms with Crippen LogP contribution in [0.25, 0.3) is 0 Å².